The van der Waals surface area contributed by atoms with Crippen LogP contribution in [0.1, 0.15) is 6.92 Å². The first-order chi connectivity index (χ1) is 8.03. The summed E-state index contributed by atoms with van der Waals surface area (Å²) in [5.74, 6) is -1.80. The number of cyclic esters (lactones) is 1. The number of hydrogen-bond acceptors (Lipinski definition) is 7. The molecule has 1 rings (SSSR count). The second-order valence-electron chi connectivity index (χ2n) is 3.25. The predicted molar refractivity (Wildman–Crippen MR) is 67.0 cm³/mol. The summed E-state index contributed by atoms with van der Waals surface area (Å²) in [5.41, 5.74) is -1.49. The first-order valence-corrected chi connectivity index (χ1v) is 7.52. The van der Waals surface area contributed by atoms with Crippen LogP contribution in [0.3, 0.4) is 0 Å². The van der Waals surface area contributed by atoms with Crippen LogP contribution < -0.4 is 0 Å². The van der Waals surface area contributed by atoms with E-state index in [0.717, 1.165) is 11.8 Å². The Morgan fingerprint density at radius 1 is 1.53 bits per heavy atom. The molecule has 0 bridgehead atoms. The van der Waals surface area contributed by atoms with Gasteiger partial charge in [0, 0.05) is 5.75 Å². The number of hydrogen-bond donors (Lipinski definition) is 1. The Balaban J connectivity index is 3.17. The monoisotopic (exact) mass is 278 g/mol. The molecule has 1 atom stereocenters. The molecular formula is C10H14O5S2. The maximum absolute atomic E-state index is 11.9. The van der Waals surface area contributed by atoms with E-state index in [-0.39, 0.29) is 17.3 Å². The minimum absolute atomic E-state index is 0.189. The quantitative estimate of drug-likeness (QED) is 0.761. The van der Waals surface area contributed by atoms with E-state index in [1.54, 1.807) is 19.4 Å². The number of carbonyl (C=O) groups is 2. The molecule has 0 fully saturated rings. The summed E-state index contributed by atoms with van der Waals surface area (Å²) in [6.45, 7) is 1.86. The molecule has 1 unspecified atom stereocenters. The molecule has 96 valence electrons. The molecule has 0 saturated heterocycles. The number of thioether (sulfide) groups is 2. The summed E-state index contributed by atoms with van der Waals surface area (Å²) in [5, 5.41) is 9.60. The molecule has 0 aromatic heterocycles. The Morgan fingerprint density at radius 3 is 2.65 bits per heavy atom. The van der Waals surface area contributed by atoms with Crippen LogP contribution >= 0.6 is 23.5 Å². The summed E-state index contributed by atoms with van der Waals surface area (Å²) < 4.78 is 9.96. The molecule has 0 amide bonds. The molecule has 0 aliphatic carbocycles. The molecule has 1 N–H and O–H groups in total. The number of aliphatic hydroxyl groups excluding tert-OH is 1. The molecule has 1 heterocycles. The van der Waals surface area contributed by atoms with Crippen LogP contribution in [0.25, 0.3) is 0 Å². The van der Waals surface area contributed by atoms with Gasteiger partial charge in [0.05, 0.1) is 11.5 Å². The summed E-state index contributed by atoms with van der Waals surface area (Å²) in [4.78, 5) is 23.5. The predicted octanol–water partition coefficient (Wildman–Crippen LogP) is 1.34. The van der Waals surface area contributed by atoms with E-state index < -0.39 is 23.3 Å². The largest absolute Gasteiger partial charge is 0.501 e. The highest BCUT2D eigenvalue weighted by molar-refractivity contribution is 8.02. The zero-order chi connectivity index (χ0) is 13.1. The van der Waals surface area contributed by atoms with Gasteiger partial charge >= 0.3 is 11.9 Å². The van der Waals surface area contributed by atoms with Crippen molar-refractivity contribution in [2.75, 3.05) is 24.9 Å². The third kappa shape index (κ3) is 2.40. The molecule has 17 heavy (non-hydrogen) atoms. The van der Waals surface area contributed by atoms with Gasteiger partial charge in [-0.1, -0.05) is 0 Å². The minimum Gasteiger partial charge on any atom is -0.501 e. The Bertz CT molecular complexity index is 366. The smallest absolute Gasteiger partial charge is 0.375 e. The zero-order valence-corrected chi connectivity index (χ0v) is 11.4. The normalized spacial score (nSPS) is 23.8. The van der Waals surface area contributed by atoms with Gasteiger partial charge < -0.3 is 14.6 Å². The van der Waals surface area contributed by atoms with Crippen molar-refractivity contribution in [1.82, 2.24) is 0 Å². The minimum atomic E-state index is -1.49. The van der Waals surface area contributed by atoms with E-state index in [9.17, 15) is 14.7 Å². The molecule has 1 aliphatic rings. The lowest BCUT2D eigenvalue weighted by molar-refractivity contribution is -0.169. The van der Waals surface area contributed by atoms with Crippen LogP contribution in [0.5, 0.6) is 0 Å². The van der Waals surface area contributed by atoms with Crippen molar-refractivity contribution in [3.63, 3.8) is 0 Å². The third-order valence-corrected chi connectivity index (χ3v) is 3.83. The van der Waals surface area contributed by atoms with Crippen LogP contribution in [0.2, 0.25) is 0 Å². The van der Waals surface area contributed by atoms with Crippen LogP contribution in [0.15, 0.2) is 10.7 Å². The van der Waals surface area contributed by atoms with Crippen molar-refractivity contribution < 1.29 is 24.2 Å². The van der Waals surface area contributed by atoms with Crippen LogP contribution in [-0.2, 0) is 19.1 Å². The summed E-state index contributed by atoms with van der Waals surface area (Å²) in [6.07, 6.45) is 3.45. The van der Waals surface area contributed by atoms with Gasteiger partial charge in [-0.3, -0.25) is 0 Å². The molecule has 0 aromatic carbocycles. The SMILES string of the molecule is CCOC(=O)C1(CSC)OC(=O)C(O)=C1SC. The highest BCUT2D eigenvalue weighted by Crippen LogP contribution is 2.41. The number of rotatable bonds is 5. The Hall–Kier alpha value is -0.820. The molecule has 5 nitrogen and oxygen atoms in total. The Labute approximate surface area is 108 Å². The van der Waals surface area contributed by atoms with Gasteiger partial charge in [-0.25, -0.2) is 9.59 Å². The van der Waals surface area contributed by atoms with Crippen molar-refractivity contribution in [3.8, 4) is 0 Å². The van der Waals surface area contributed by atoms with Crippen molar-refractivity contribution in [1.29, 1.82) is 0 Å². The van der Waals surface area contributed by atoms with Crippen LogP contribution in [0.4, 0.5) is 0 Å². The van der Waals surface area contributed by atoms with Gasteiger partial charge in [-0.05, 0) is 19.4 Å². The van der Waals surface area contributed by atoms with E-state index in [1.807, 2.05) is 0 Å². The molecule has 1 aliphatic heterocycles. The summed E-state index contributed by atoms with van der Waals surface area (Å²) >= 11 is 2.45. The number of ether oxygens (including phenoxy) is 2. The fourth-order valence-electron chi connectivity index (χ4n) is 1.54. The molecular weight excluding hydrogens is 264 g/mol. The highest BCUT2D eigenvalue weighted by atomic mass is 32.2. The van der Waals surface area contributed by atoms with Gasteiger partial charge in [0.2, 0.25) is 5.76 Å². The Morgan fingerprint density at radius 2 is 2.18 bits per heavy atom. The average molecular weight is 278 g/mol. The maximum Gasteiger partial charge on any atom is 0.375 e. The Kier molecular flexibility index (Phi) is 4.76. The lowest BCUT2D eigenvalue weighted by atomic mass is 10.1. The number of esters is 2. The lowest BCUT2D eigenvalue weighted by Crippen LogP contribution is -2.44. The van der Waals surface area contributed by atoms with E-state index >= 15 is 0 Å². The van der Waals surface area contributed by atoms with E-state index in [2.05, 4.69) is 0 Å². The van der Waals surface area contributed by atoms with Gasteiger partial charge in [0.15, 0.2) is 0 Å². The lowest BCUT2D eigenvalue weighted by Gasteiger charge is -2.26. The average Bonchev–Trinajstić information content (AvgIpc) is 2.53. The van der Waals surface area contributed by atoms with E-state index in [0.29, 0.717) is 0 Å². The summed E-state index contributed by atoms with van der Waals surface area (Å²) in [6, 6.07) is 0. The first kappa shape index (κ1) is 14.2. The number of carbonyl (C=O) groups excluding carboxylic acids is 2. The number of aliphatic hydroxyl groups is 1. The fourth-order valence-corrected chi connectivity index (χ4v) is 3.16. The highest BCUT2D eigenvalue weighted by Gasteiger charge is 2.55. The molecule has 0 saturated carbocycles. The first-order valence-electron chi connectivity index (χ1n) is 4.90. The zero-order valence-electron chi connectivity index (χ0n) is 9.81. The second kappa shape index (κ2) is 5.68. The molecule has 7 heteroatoms. The van der Waals surface area contributed by atoms with E-state index in [1.165, 1.54) is 11.8 Å². The van der Waals surface area contributed by atoms with Gasteiger partial charge in [0.25, 0.3) is 5.60 Å². The fraction of sp³-hybridized carbons (Fsp3) is 0.600. The van der Waals surface area contributed by atoms with Crippen LogP contribution in [0, 0.1) is 0 Å². The van der Waals surface area contributed by atoms with Crippen molar-refractivity contribution >= 4 is 35.5 Å². The summed E-state index contributed by atoms with van der Waals surface area (Å²) in [7, 11) is 0. The third-order valence-electron chi connectivity index (χ3n) is 2.20. The second-order valence-corrected chi connectivity index (χ2v) is 4.93. The van der Waals surface area contributed by atoms with Crippen molar-refractivity contribution in [2.24, 2.45) is 0 Å². The van der Waals surface area contributed by atoms with Crippen LogP contribution in [-0.4, -0.2) is 47.5 Å². The van der Waals surface area contributed by atoms with Crippen molar-refractivity contribution in [2.45, 2.75) is 12.5 Å². The standard InChI is InChI=1S/C10H14O5S2/c1-4-14-9(13)10(5-16-2)7(17-3)6(11)8(12)15-10/h11H,4-5H2,1-3H3. The van der Waals surface area contributed by atoms with Gasteiger partial charge in [-0.15, -0.1) is 11.8 Å². The maximum atomic E-state index is 11.9. The van der Waals surface area contributed by atoms with Gasteiger partial charge in [0.1, 0.15) is 0 Å². The van der Waals surface area contributed by atoms with E-state index in [4.69, 9.17) is 9.47 Å². The topological polar surface area (TPSA) is 72.8 Å². The molecule has 0 spiro atoms. The molecule has 0 aromatic rings. The van der Waals surface area contributed by atoms with Crippen molar-refractivity contribution in [3.05, 3.63) is 10.7 Å². The van der Waals surface area contributed by atoms with Gasteiger partial charge in [-0.2, -0.15) is 11.8 Å². The molecule has 0 radical (unpaired) electrons.